The molecule has 24 heavy (non-hydrogen) atoms. The molecule has 1 saturated heterocycles. The fourth-order valence-corrected chi connectivity index (χ4v) is 3.77. The molecule has 1 aromatic carbocycles. The number of benzene rings is 1. The topological polar surface area (TPSA) is 51.2 Å². The van der Waals surface area contributed by atoms with Gasteiger partial charge in [-0.3, -0.25) is 4.90 Å². The number of aliphatic hydroxyl groups is 1. The summed E-state index contributed by atoms with van der Waals surface area (Å²) < 4.78 is 16.1. The summed E-state index contributed by atoms with van der Waals surface area (Å²) in [7, 11) is 4.96. The van der Waals surface area contributed by atoms with Crippen LogP contribution in [-0.2, 0) is 11.3 Å². The lowest BCUT2D eigenvalue weighted by Gasteiger charge is -2.42. The van der Waals surface area contributed by atoms with Crippen molar-refractivity contribution in [1.29, 1.82) is 0 Å². The standard InChI is InChI=1S/C18H28ClNO4/c1-22-8-6-18(13-21)5-4-7-20(12-18)11-14-9-15(19)10-16(23-2)17(14)24-3/h9-10,21H,4-8,11-13H2,1-3H3/t18-/m0/s1. The van der Waals surface area contributed by atoms with Gasteiger partial charge in [-0.05, 0) is 31.9 Å². The molecule has 1 atom stereocenters. The van der Waals surface area contributed by atoms with Crippen molar-refractivity contribution < 1.29 is 19.3 Å². The van der Waals surface area contributed by atoms with E-state index < -0.39 is 0 Å². The number of likely N-dealkylation sites (tertiary alicyclic amines) is 1. The Morgan fingerprint density at radius 3 is 2.67 bits per heavy atom. The van der Waals surface area contributed by atoms with Gasteiger partial charge in [0.25, 0.3) is 0 Å². The summed E-state index contributed by atoms with van der Waals surface area (Å²) in [5, 5.41) is 10.6. The molecule has 0 unspecified atom stereocenters. The zero-order valence-corrected chi connectivity index (χ0v) is 15.6. The maximum Gasteiger partial charge on any atom is 0.165 e. The highest BCUT2D eigenvalue weighted by Crippen LogP contribution is 2.38. The van der Waals surface area contributed by atoms with Crippen molar-refractivity contribution >= 4 is 11.6 Å². The molecule has 0 aromatic heterocycles. The molecule has 0 bridgehead atoms. The normalized spacial score (nSPS) is 21.7. The highest BCUT2D eigenvalue weighted by molar-refractivity contribution is 6.30. The third kappa shape index (κ3) is 4.54. The summed E-state index contributed by atoms with van der Waals surface area (Å²) in [6.45, 7) is 3.40. The first-order chi connectivity index (χ1) is 11.6. The molecule has 0 saturated carbocycles. The molecular weight excluding hydrogens is 330 g/mol. The van der Waals surface area contributed by atoms with Crippen LogP contribution in [0.4, 0.5) is 0 Å². The van der Waals surface area contributed by atoms with Gasteiger partial charge < -0.3 is 19.3 Å². The number of rotatable bonds is 8. The number of piperidine rings is 1. The van der Waals surface area contributed by atoms with Gasteiger partial charge in [-0.1, -0.05) is 11.6 Å². The van der Waals surface area contributed by atoms with Gasteiger partial charge in [0.1, 0.15) is 0 Å². The van der Waals surface area contributed by atoms with E-state index in [-0.39, 0.29) is 12.0 Å². The summed E-state index contributed by atoms with van der Waals surface area (Å²) in [5.74, 6) is 1.36. The molecule has 1 aromatic rings. The van der Waals surface area contributed by atoms with Crippen LogP contribution in [0, 0.1) is 5.41 Å². The number of hydrogen-bond donors (Lipinski definition) is 1. The number of methoxy groups -OCH3 is 3. The summed E-state index contributed by atoms with van der Waals surface area (Å²) >= 11 is 6.22. The summed E-state index contributed by atoms with van der Waals surface area (Å²) in [5.41, 5.74) is 0.909. The van der Waals surface area contributed by atoms with Crippen LogP contribution in [-0.4, -0.2) is 57.6 Å². The smallest absolute Gasteiger partial charge is 0.165 e. The van der Waals surface area contributed by atoms with E-state index in [9.17, 15) is 5.11 Å². The lowest BCUT2D eigenvalue weighted by Crippen LogP contribution is -2.45. The minimum atomic E-state index is -0.0931. The van der Waals surface area contributed by atoms with Crippen molar-refractivity contribution in [1.82, 2.24) is 4.90 Å². The number of aliphatic hydroxyl groups excluding tert-OH is 1. The number of hydrogen-bond acceptors (Lipinski definition) is 5. The van der Waals surface area contributed by atoms with Gasteiger partial charge in [-0.15, -0.1) is 0 Å². The molecule has 0 aliphatic carbocycles. The lowest BCUT2D eigenvalue weighted by atomic mass is 9.78. The average Bonchev–Trinajstić information content (AvgIpc) is 2.59. The Labute approximate surface area is 149 Å². The Balaban J connectivity index is 2.17. The van der Waals surface area contributed by atoms with Crippen molar-refractivity contribution in [3.63, 3.8) is 0 Å². The van der Waals surface area contributed by atoms with Crippen LogP contribution in [0.2, 0.25) is 5.02 Å². The first-order valence-electron chi connectivity index (χ1n) is 8.30. The molecule has 0 spiro atoms. The van der Waals surface area contributed by atoms with E-state index >= 15 is 0 Å². The van der Waals surface area contributed by atoms with Crippen LogP contribution in [0.5, 0.6) is 11.5 Å². The molecule has 1 fully saturated rings. The Kier molecular flexibility index (Phi) is 7.16. The van der Waals surface area contributed by atoms with Crippen LogP contribution >= 0.6 is 11.6 Å². The van der Waals surface area contributed by atoms with Crippen molar-refractivity contribution in [2.45, 2.75) is 25.8 Å². The van der Waals surface area contributed by atoms with Crippen LogP contribution in [0.25, 0.3) is 0 Å². The molecule has 136 valence electrons. The van der Waals surface area contributed by atoms with Gasteiger partial charge in [0, 0.05) is 48.9 Å². The van der Waals surface area contributed by atoms with Crippen LogP contribution in [0.15, 0.2) is 12.1 Å². The van der Waals surface area contributed by atoms with Gasteiger partial charge in [0.2, 0.25) is 0 Å². The Bertz CT molecular complexity index is 540. The Morgan fingerprint density at radius 1 is 1.25 bits per heavy atom. The quantitative estimate of drug-likeness (QED) is 0.775. The molecule has 1 N–H and O–H groups in total. The summed E-state index contributed by atoms with van der Waals surface area (Å²) in [6.07, 6.45) is 2.95. The fraction of sp³-hybridized carbons (Fsp3) is 0.667. The van der Waals surface area contributed by atoms with Crippen LogP contribution in [0.1, 0.15) is 24.8 Å². The highest BCUT2D eigenvalue weighted by atomic mass is 35.5. The van der Waals surface area contributed by atoms with Crippen LogP contribution in [0.3, 0.4) is 0 Å². The van der Waals surface area contributed by atoms with Gasteiger partial charge in [-0.25, -0.2) is 0 Å². The second kappa shape index (κ2) is 8.90. The van der Waals surface area contributed by atoms with E-state index in [0.717, 1.165) is 50.2 Å². The molecule has 1 aliphatic rings. The highest BCUT2D eigenvalue weighted by Gasteiger charge is 2.35. The zero-order valence-electron chi connectivity index (χ0n) is 14.8. The second-order valence-corrected chi connectivity index (χ2v) is 6.95. The van der Waals surface area contributed by atoms with E-state index in [4.69, 9.17) is 25.8 Å². The number of nitrogens with zero attached hydrogens (tertiary/aromatic N) is 1. The Hall–Kier alpha value is -1.01. The van der Waals surface area contributed by atoms with Crippen molar-refractivity contribution in [2.75, 3.05) is 47.6 Å². The summed E-state index contributed by atoms with van der Waals surface area (Å²) in [6, 6.07) is 3.68. The predicted octanol–water partition coefficient (Wildman–Crippen LogP) is 2.97. The van der Waals surface area contributed by atoms with E-state index in [0.29, 0.717) is 17.4 Å². The molecule has 0 radical (unpaired) electrons. The zero-order chi connectivity index (χ0) is 17.6. The van der Waals surface area contributed by atoms with E-state index in [1.807, 2.05) is 6.07 Å². The molecule has 1 heterocycles. The molecule has 1 aliphatic heterocycles. The molecule has 5 nitrogen and oxygen atoms in total. The minimum Gasteiger partial charge on any atom is -0.493 e. The maximum absolute atomic E-state index is 9.93. The molecule has 0 amide bonds. The summed E-state index contributed by atoms with van der Waals surface area (Å²) in [4.78, 5) is 2.35. The molecular formula is C18H28ClNO4. The van der Waals surface area contributed by atoms with Crippen molar-refractivity contribution in [3.8, 4) is 11.5 Å². The third-order valence-electron chi connectivity index (χ3n) is 4.83. The third-order valence-corrected chi connectivity index (χ3v) is 5.05. The van der Waals surface area contributed by atoms with Gasteiger partial charge in [-0.2, -0.15) is 0 Å². The fourth-order valence-electron chi connectivity index (χ4n) is 3.54. The number of halogens is 1. The van der Waals surface area contributed by atoms with E-state index in [1.54, 1.807) is 27.4 Å². The minimum absolute atomic E-state index is 0.0931. The average molecular weight is 358 g/mol. The van der Waals surface area contributed by atoms with Gasteiger partial charge in [0.15, 0.2) is 11.5 Å². The van der Waals surface area contributed by atoms with Gasteiger partial charge >= 0.3 is 0 Å². The van der Waals surface area contributed by atoms with Crippen molar-refractivity contribution in [3.05, 3.63) is 22.7 Å². The lowest BCUT2D eigenvalue weighted by molar-refractivity contribution is 0.00454. The Morgan fingerprint density at radius 2 is 2.04 bits per heavy atom. The number of ether oxygens (including phenoxy) is 3. The SMILES string of the molecule is COCC[C@@]1(CO)CCCN(Cc2cc(Cl)cc(OC)c2OC)C1. The predicted molar refractivity (Wildman–Crippen MR) is 95.1 cm³/mol. The maximum atomic E-state index is 9.93. The van der Waals surface area contributed by atoms with Gasteiger partial charge in [0.05, 0.1) is 20.8 Å². The van der Waals surface area contributed by atoms with Crippen LogP contribution < -0.4 is 9.47 Å². The van der Waals surface area contributed by atoms with E-state index in [2.05, 4.69) is 4.90 Å². The first kappa shape index (κ1) is 19.3. The van der Waals surface area contributed by atoms with E-state index in [1.165, 1.54) is 0 Å². The largest absolute Gasteiger partial charge is 0.493 e. The van der Waals surface area contributed by atoms with Crippen molar-refractivity contribution in [2.24, 2.45) is 5.41 Å². The first-order valence-corrected chi connectivity index (χ1v) is 8.68. The molecule has 6 heteroatoms. The second-order valence-electron chi connectivity index (χ2n) is 6.52. The molecule has 2 rings (SSSR count). The monoisotopic (exact) mass is 357 g/mol.